The molecule has 21 heavy (non-hydrogen) atoms. The molecule has 0 radical (unpaired) electrons. The van der Waals surface area contributed by atoms with E-state index < -0.39 is 11.7 Å². The van der Waals surface area contributed by atoms with Gasteiger partial charge < -0.3 is 10.2 Å². The molecular formula is C14H16F3N3S. The van der Waals surface area contributed by atoms with Crippen molar-refractivity contribution in [3.8, 4) is 0 Å². The van der Waals surface area contributed by atoms with Crippen LogP contribution in [0.2, 0.25) is 0 Å². The molecule has 1 fully saturated rings. The van der Waals surface area contributed by atoms with Gasteiger partial charge in [-0.2, -0.15) is 13.2 Å². The molecule has 0 bridgehead atoms. The highest BCUT2D eigenvalue weighted by Crippen LogP contribution is 2.36. The number of halogens is 3. The summed E-state index contributed by atoms with van der Waals surface area (Å²) in [7, 11) is 0. The van der Waals surface area contributed by atoms with Gasteiger partial charge in [0.05, 0.1) is 15.8 Å². The number of anilines is 1. The molecule has 1 aromatic carbocycles. The Morgan fingerprint density at radius 1 is 1.33 bits per heavy atom. The number of rotatable bonds is 1. The summed E-state index contributed by atoms with van der Waals surface area (Å²) in [5.74, 6) is 0. The monoisotopic (exact) mass is 315 g/mol. The van der Waals surface area contributed by atoms with Gasteiger partial charge in [0.15, 0.2) is 5.13 Å². The van der Waals surface area contributed by atoms with E-state index in [0.29, 0.717) is 16.3 Å². The van der Waals surface area contributed by atoms with Crippen molar-refractivity contribution in [2.24, 2.45) is 0 Å². The van der Waals surface area contributed by atoms with E-state index in [1.54, 1.807) is 0 Å². The van der Waals surface area contributed by atoms with Gasteiger partial charge >= 0.3 is 6.18 Å². The number of piperazine rings is 1. The second-order valence-electron chi connectivity index (χ2n) is 5.49. The fraction of sp³-hybridized carbons (Fsp3) is 0.500. The largest absolute Gasteiger partial charge is 0.416 e. The summed E-state index contributed by atoms with van der Waals surface area (Å²) in [6, 6.07) is 4.36. The summed E-state index contributed by atoms with van der Waals surface area (Å²) in [5.41, 5.74) is 0.00770. The number of aromatic nitrogens is 1. The zero-order chi connectivity index (χ0) is 15.2. The number of alkyl halides is 3. The van der Waals surface area contributed by atoms with Crippen LogP contribution in [0.1, 0.15) is 19.4 Å². The first-order valence-corrected chi connectivity index (χ1v) is 7.64. The third kappa shape index (κ3) is 2.85. The lowest BCUT2D eigenvalue weighted by atomic mass is 10.1. The molecule has 1 saturated heterocycles. The van der Waals surface area contributed by atoms with E-state index in [1.165, 1.54) is 23.5 Å². The second-order valence-corrected chi connectivity index (χ2v) is 6.50. The van der Waals surface area contributed by atoms with Gasteiger partial charge in [-0.3, -0.25) is 0 Å². The SMILES string of the molecule is C[C@@H]1CN(c2nc3ccc(C(F)(F)F)cc3s2)[C@@H](C)CN1. The Morgan fingerprint density at radius 2 is 2.10 bits per heavy atom. The van der Waals surface area contributed by atoms with Crippen molar-refractivity contribution in [3.05, 3.63) is 23.8 Å². The fourth-order valence-electron chi connectivity index (χ4n) is 2.50. The molecule has 0 aliphatic carbocycles. The topological polar surface area (TPSA) is 28.2 Å². The van der Waals surface area contributed by atoms with Gasteiger partial charge in [-0.25, -0.2) is 4.98 Å². The first kappa shape index (κ1) is 14.6. The van der Waals surface area contributed by atoms with Gasteiger partial charge in [0.2, 0.25) is 0 Å². The van der Waals surface area contributed by atoms with E-state index in [4.69, 9.17) is 0 Å². The van der Waals surface area contributed by atoms with Crippen molar-refractivity contribution in [2.75, 3.05) is 18.0 Å². The van der Waals surface area contributed by atoms with Crippen molar-refractivity contribution >= 4 is 26.7 Å². The number of fused-ring (bicyclic) bond motifs is 1. The number of benzene rings is 1. The molecule has 2 heterocycles. The van der Waals surface area contributed by atoms with E-state index in [9.17, 15) is 13.2 Å². The molecule has 3 nitrogen and oxygen atoms in total. The quantitative estimate of drug-likeness (QED) is 0.873. The minimum atomic E-state index is -4.31. The molecule has 2 atom stereocenters. The molecule has 1 aliphatic heterocycles. The van der Waals surface area contributed by atoms with Crippen LogP contribution in [0.3, 0.4) is 0 Å². The maximum Gasteiger partial charge on any atom is 0.416 e. The lowest BCUT2D eigenvalue weighted by Crippen LogP contribution is -2.54. The minimum Gasteiger partial charge on any atom is -0.343 e. The maximum absolute atomic E-state index is 12.8. The molecular weight excluding hydrogens is 299 g/mol. The normalized spacial score (nSPS) is 23.8. The first-order chi connectivity index (χ1) is 9.84. The van der Waals surface area contributed by atoms with Crippen LogP contribution in [-0.2, 0) is 6.18 Å². The van der Waals surface area contributed by atoms with E-state index in [-0.39, 0.29) is 6.04 Å². The zero-order valence-electron chi connectivity index (χ0n) is 11.7. The summed E-state index contributed by atoms with van der Waals surface area (Å²) in [6.07, 6.45) is -4.31. The Bertz CT molecular complexity index is 652. The van der Waals surface area contributed by atoms with Gasteiger partial charge in [0.25, 0.3) is 0 Å². The fourth-order valence-corrected chi connectivity index (χ4v) is 3.62. The summed E-state index contributed by atoms with van der Waals surface area (Å²) in [4.78, 5) is 6.66. The van der Waals surface area contributed by atoms with Crippen molar-refractivity contribution < 1.29 is 13.2 Å². The molecule has 1 aliphatic rings. The lowest BCUT2D eigenvalue weighted by Gasteiger charge is -2.37. The second kappa shape index (κ2) is 5.14. The molecule has 1 aromatic heterocycles. The molecule has 114 valence electrons. The van der Waals surface area contributed by atoms with Crippen LogP contribution < -0.4 is 10.2 Å². The highest BCUT2D eigenvalue weighted by atomic mass is 32.1. The van der Waals surface area contributed by atoms with Crippen LogP contribution in [0.5, 0.6) is 0 Å². The highest BCUT2D eigenvalue weighted by Gasteiger charge is 2.31. The predicted octanol–water partition coefficient (Wildman–Crippen LogP) is 3.50. The summed E-state index contributed by atoms with van der Waals surface area (Å²) < 4.78 is 38.8. The van der Waals surface area contributed by atoms with E-state index in [2.05, 4.69) is 29.0 Å². The molecule has 0 spiro atoms. The van der Waals surface area contributed by atoms with E-state index in [0.717, 1.165) is 24.3 Å². The molecule has 0 amide bonds. The zero-order valence-corrected chi connectivity index (χ0v) is 12.6. The predicted molar refractivity (Wildman–Crippen MR) is 78.9 cm³/mol. The van der Waals surface area contributed by atoms with Crippen LogP contribution in [0, 0.1) is 0 Å². The van der Waals surface area contributed by atoms with Crippen LogP contribution in [0.25, 0.3) is 10.2 Å². The third-order valence-electron chi connectivity index (χ3n) is 3.71. The molecule has 0 saturated carbocycles. The Kier molecular flexibility index (Phi) is 3.57. The Hall–Kier alpha value is -1.34. The van der Waals surface area contributed by atoms with Crippen LogP contribution in [0.4, 0.5) is 18.3 Å². The van der Waals surface area contributed by atoms with Crippen LogP contribution >= 0.6 is 11.3 Å². The number of nitrogens with zero attached hydrogens (tertiary/aromatic N) is 2. The molecule has 1 N–H and O–H groups in total. The molecule has 7 heteroatoms. The average molecular weight is 315 g/mol. The maximum atomic E-state index is 12.8. The number of thiazole rings is 1. The smallest absolute Gasteiger partial charge is 0.343 e. The van der Waals surface area contributed by atoms with E-state index in [1.807, 2.05) is 0 Å². The van der Waals surface area contributed by atoms with Gasteiger partial charge in [-0.1, -0.05) is 11.3 Å². The Labute approximate surface area is 124 Å². The van der Waals surface area contributed by atoms with Gasteiger partial charge in [0.1, 0.15) is 0 Å². The van der Waals surface area contributed by atoms with Crippen molar-refractivity contribution in [2.45, 2.75) is 32.1 Å². The van der Waals surface area contributed by atoms with Gasteiger partial charge in [0, 0.05) is 25.2 Å². The van der Waals surface area contributed by atoms with Gasteiger partial charge in [-0.15, -0.1) is 0 Å². The third-order valence-corrected chi connectivity index (χ3v) is 4.77. The van der Waals surface area contributed by atoms with Crippen molar-refractivity contribution in [1.82, 2.24) is 10.3 Å². The van der Waals surface area contributed by atoms with Crippen molar-refractivity contribution in [3.63, 3.8) is 0 Å². The molecule has 3 rings (SSSR count). The minimum absolute atomic E-state index is 0.281. The number of hydrogen-bond donors (Lipinski definition) is 1. The number of hydrogen-bond acceptors (Lipinski definition) is 4. The summed E-state index contributed by atoms with van der Waals surface area (Å²) >= 11 is 1.33. The Balaban J connectivity index is 1.97. The standard InChI is InChI=1S/C14H16F3N3S/c1-8-7-20(9(2)6-18-8)13-19-11-4-3-10(14(15,16)17)5-12(11)21-13/h3-5,8-9,18H,6-7H2,1-2H3/t8-,9+/m1/s1. The van der Waals surface area contributed by atoms with Gasteiger partial charge in [-0.05, 0) is 32.0 Å². The molecule has 0 unspecified atom stereocenters. The van der Waals surface area contributed by atoms with Crippen LogP contribution in [0.15, 0.2) is 18.2 Å². The first-order valence-electron chi connectivity index (χ1n) is 6.82. The molecule has 2 aromatic rings. The average Bonchev–Trinajstić information content (AvgIpc) is 2.83. The highest BCUT2D eigenvalue weighted by molar-refractivity contribution is 7.22. The summed E-state index contributed by atoms with van der Waals surface area (Å²) in [6.45, 7) is 5.85. The van der Waals surface area contributed by atoms with Crippen LogP contribution in [-0.4, -0.2) is 30.2 Å². The number of nitrogens with one attached hydrogen (secondary N) is 1. The van der Waals surface area contributed by atoms with E-state index >= 15 is 0 Å². The lowest BCUT2D eigenvalue weighted by molar-refractivity contribution is -0.137. The summed E-state index contributed by atoms with van der Waals surface area (Å²) in [5, 5.41) is 4.18. The Morgan fingerprint density at radius 3 is 2.81 bits per heavy atom. The van der Waals surface area contributed by atoms with Crippen molar-refractivity contribution in [1.29, 1.82) is 0 Å².